The maximum Gasteiger partial charge on any atom is 0.414 e. The summed E-state index contributed by atoms with van der Waals surface area (Å²) >= 11 is 0. The lowest BCUT2D eigenvalue weighted by atomic mass is 9.85. The maximum absolute atomic E-state index is 12.0. The summed E-state index contributed by atoms with van der Waals surface area (Å²) in [5.41, 5.74) is 2.65. The van der Waals surface area contributed by atoms with Gasteiger partial charge in [0.05, 0.1) is 5.92 Å². The van der Waals surface area contributed by atoms with E-state index in [1.165, 1.54) is 0 Å². The summed E-state index contributed by atoms with van der Waals surface area (Å²) in [5, 5.41) is 0. The van der Waals surface area contributed by atoms with E-state index in [0.29, 0.717) is 0 Å². The highest BCUT2D eigenvalue weighted by Crippen LogP contribution is 2.27. The lowest BCUT2D eigenvalue weighted by Crippen LogP contribution is -2.35. The summed E-state index contributed by atoms with van der Waals surface area (Å²) < 4.78 is 35.9. The molecule has 1 aromatic rings. The fraction of sp³-hybridized carbons (Fsp3) is 0.500. The molecule has 0 radical (unpaired) electrons. The molecular formula is C14H18F3NO2. The Balaban J connectivity index is 2.72. The normalized spacial score (nSPS) is 14.7. The minimum atomic E-state index is -4.47. The van der Waals surface area contributed by atoms with Crippen LogP contribution in [0.2, 0.25) is 0 Å². The van der Waals surface area contributed by atoms with Gasteiger partial charge in [0.2, 0.25) is 0 Å². The molecule has 3 nitrogen and oxygen atoms in total. The Morgan fingerprint density at radius 1 is 1.30 bits per heavy atom. The molecule has 0 spiro atoms. The number of halogens is 3. The zero-order valence-corrected chi connectivity index (χ0v) is 11.4. The Hall–Kier alpha value is -1.56. The second kappa shape index (κ2) is 7.28. The number of benzene rings is 1. The van der Waals surface area contributed by atoms with Gasteiger partial charge in [0.1, 0.15) is 0 Å². The van der Waals surface area contributed by atoms with Gasteiger partial charge in [-0.15, -0.1) is 0 Å². The highest BCUT2D eigenvalue weighted by Gasteiger charge is 2.30. The molecule has 0 fully saturated rings. The molecular weight excluding hydrogens is 271 g/mol. The number of carbonyl (C=O) groups excluding carboxylic acids is 1. The summed E-state index contributed by atoms with van der Waals surface area (Å²) in [7, 11) is 0. The van der Waals surface area contributed by atoms with Crippen LogP contribution in [0.5, 0.6) is 0 Å². The first-order chi connectivity index (χ1) is 9.35. The molecule has 0 aliphatic carbocycles. The van der Waals surface area contributed by atoms with Crippen LogP contribution in [0.4, 0.5) is 13.2 Å². The Morgan fingerprint density at radius 2 is 1.90 bits per heavy atom. The first-order valence-corrected chi connectivity index (χ1v) is 6.38. The second-order valence-corrected chi connectivity index (χ2v) is 4.64. The molecule has 112 valence electrons. The number of rotatable bonds is 6. The first-order valence-electron chi connectivity index (χ1n) is 6.38. The Labute approximate surface area is 116 Å². The number of hydrogen-bond donors (Lipinski definition) is 1. The van der Waals surface area contributed by atoms with Crippen molar-refractivity contribution in [2.24, 2.45) is 5.92 Å². The van der Waals surface area contributed by atoms with Crippen LogP contribution in [-0.4, -0.2) is 18.7 Å². The number of hydrogen-bond acceptors (Lipinski definition) is 2. The largest absolute Gasteiger partial charge is 0.414 e. The fourth-order valence-electron chi connectivity index (χ4n) is 1.89. The van der Waals surface area contributed by atoms with Gasteiger partial charge < -0.3 is 0 Å². The van der Waals surface area contributed by atoms with Gasteiger partial charge >= 0.3 is 6.18 Å². The summed E-state index contributed by atoms with van der Waals surface area (Å²) in [5.74, 6) is -1.10. The SMILES string of the molecule is CCC(C)C(C(=O)NOCC(F)(F)F)c1ccccc1. The summed E-state index contributed by atoms with van der Waals surface area (Å²) in [4.78, 5) is 16.3. The fourth-order valence-corrected chi connectivity index (χ4v) is 1.89. The van der Waals surface area contributed by atoms with Crippen molar-refractivity contribution in [3.8, 4) is 0 Å². The summed E-state index contributed by atoms with van der Waals surface area (Å²) in [6.45, 7) is 2.30. The van der Waals surface area contributed by atoms with Crippen molar-refractivity contribution in [3.63, 3.8) is 0 Å². The van der Waals surface area contributed by atoms with Gasteiger partial charge in [0.25, 0.3) is 5.91 Å². The predicted octanol–water partition coefficient (Wildman–Crippen LogP) is 3.43. The molecule has 1 N–H and O–H groups in total. The van der Waals surface area contributed by atoms with Gasteiger partial charge in [0.15, 0.2) is 6.61 Å². The van der Waals surface area contributed by atoms with Gasteiger partial charge in [-0.05, 0) is 11.5 Å². The monoisotopic (exact) mass is 289 g/mol. The third kappa shape index (κ3) is 5.21. The smallest absolute Gasteiger partial charge is 0.272 e. The number of carbonyl (C=O) groups is 1. The van der Waals surface area contributed by atoms with Gasteiger partial charge in [-0.2, -0.15) is 13.2 Å². The molecule has 1 amide bonds. The van der Waals surface area contributed by atoms with Gasteiger partial charge in [-0.1, -0.05) is 50.6 Å². The van der Waals surface area contributed by atoms with Crippen LogP contribution < -0.4 is 5.48 Å². The molecule has 0 saturated heterocycles. The molecule has 0 saturated carbocycles. The van der Waals surface area contributed by atoms with E-state index in [9.17, 15) is 18.0 Å². The van der Waals surface area contributed by atoms with Gasteiger partial charge in [-0.25, -0.2) is 5.48 Å². The van der Waals surface area contributed by atoms with Crippen molar-refractivity contribution in [3.05, 3.63) is 35.9 Å². The van der Waals surface area contributed by atoms with Gasteiger partial charge in [0, 0.05) is 0 Å². The standard InChI is InChI=1S/C14H18F3NO2/c1-3-10(2)12(11-7-5-4-6-8-11)13(19)18-20-9-14(15,16)17/h4-8,10,12H,3,9H2,1-2H3,(H,18,19). The molecule has 0 aromatic heterocycles. The Morgan fingerprint density at radius 3 is 2.40 bits per heavy atom. The van der Waals surface area contributed by atoms with E-state index >= 15 is 0 Å². The maximum atomic E-state index is 12.0. The quantitative estimate of drug-likeness (QED) is 0.815. The van der Waals surface area contributed by atoms with E-state index in [1.807, 2.05) is 25.4 Å². The zero-order chi connectivity index (χ0) is 15.2. The minimum absolute atomic E-state index is 0.00751. The van der Waals surface area contributed by atoms with Crippen LogP contribution in [0, 0.1) is 5.92 Å². The minimum Gasteiger partial charge on any atom is -0.272 e. The predicted molar refractivity (Wildman–Crippen MR) is 68.8 cm³/mol. The highest BCUT2D eigenvalue weighted by molar-refractivity contribution is 5.83. The van der Waals surface area contributed by atoms with E-state index in [1.54, 1.807) is 24.3 Å². The topological polar surface area (TPSA) is 38.3 Å². The van der Waals surface area contributed by atoms with Crippen molar-refractivity contribution in [1.29, 1.82) is 0 Å². The van der Waals surface area contributed by atoms with Crippen LogP contribution in [0.25, 0.3) is 0 Å². The van der Waals surface area contributed by atoms with E-state index < -0.39 is 24.6 Å². The molecule has 20 heavy (non-hydrogen) atoms. The lowest BCUT2D eigenvalue weighted by Gasteiger charge is -2.22. The average molecular weight is 289 g/mol. The summed E-state index contributed by atoms with van der Waals surface area (Å²) in [6, 6.07) is 8.94. The highest BCUT2D eigenvalue weighted by atomic mass is 19.4. The summed E-state index contributed by atoms with van der Waals surface area (Å²) in [6.07, 6.45) is -3.74. The van der Waals surface area contributed by atoms with Crippen molar-refractivity contribution >= 4 is 5.91 Å². The van der Waals surface area contributed by atoms with Crippen LogP contribution in [0.15, 0.2) is 30.3 Å². The van der Waals surface area contributed by atoms with E-state index in [0.717, 1.165) is 12.0 Å². The molecule has 0 aliphatic heterocycles. The van der Waals surface area contributed by atoms with Gasteiger partial charge in [-0.3, -0.25) is 9.63 Å². The number of hydroxylamine groups is 1. The van der Waals surface area contributed by atoms with E-state index in [4.69, 9.17) is 0 Å². The van der Waals surface area contributed by atoms with Crippen molar-refractivity contribution in [1.82, 2.24) is 5.48 Å². The molecule has 0 aliphatic rings. The molecule has 2 unspecified atom stereocenters. The Kier molecular flexibility index (Phi) is 6.01. The van der Waals surface area contributed by atoms with Crippen molar-refractivity contribution < 1.29 is 22.8 Å². The second-order valence-electron chi connectivity index (χ2n) is 4.64. The zero-order valence-electron chi connectivity index (χ0n) is 11.4. The number of alkyl halides is 3. The van der Waals surface area contributed by atoms with Crippen LogP contribution in [0.3, 0.4) is 0 Å². The van der Waals surface area contributed by atoms with Crippen LogP contribution in [0.1, 0.15) is 31.7 Å². The molecule has 1 aromatic carbocycles. The number of amides is 1. The lowest BCUT2D eigenvalue weighted by molar-refractivity contribution is -0.192. The molecule has 0 bridgehead atoms. The number of nitrogens with one attached hydrogen (secondary N) is 1. The van der Waals surface area contributed by atoms with Crippen molar-refractivity contribution in [2.75, 3.05) is 6.61 Å². The first kappa shape index (κ1) is 16.5. The van der Waals surface area contributed by atoms with E-state index in [-0.39, 0.29) is 5.92 Å². The molecule has 6 heteroatoms. The van der Waals surface area contributed by atoms with Crippen LogP contribution in [-0.2, 0) is 9.63 Å². The third-order valence-corrected chi connectivity index (χ3v) is 3.06. The Bertz CT molecular complexity index is 420. The van der Waals surface area contributed by atoms with Crippen LogP contribution >= 0.6 is 0 Å². The molecule has 0 heterocycles. The third-order valence-electron chi connectivity index (χ3n) is 3.06. The average Bonchev–Trinajstić information content (AvgIpc) is 2.38. The molecule has 1 rings (SSSR count). The van der Waals surface area contributed by atoms with E-state index in [2.05, 4.69) is 4.84 Å². The molecule has 2 atom stereocenters. The van der Waals surface area contributed by atoms with Crippen molar-refractivity contribution in [2.45, 2.75) is 32.4 Å².